The molecule has 6 nitrogen and oxygen atoms in total. The molecule has 1 fully saturated rings. The standard InChI is InChI=1S/C17H21NO5/c1-10-7-12-13(9-23-14(12)8-11(10)2)15(19)18-17(16(20)21)3-5-22-6-4-17/h7-8,13H,3-6,9H2,1-2H3,(H,18,19)(H,20,21). The molecule has 2 N–H and O–H groups in total. The lowest BCUT2D eigenvalue weighted by atomic mass is 9.88. The smallest absolute Gasteiger partial charge is 0.329 e. The molecule has 23 heavy (non-hydrogen) atoms. The third-order valence-corrected chi connectivity index (χ3v) is 4.84. The first kappa shape index (κ1) is 15.8. The number of carboxylic acids is 1. The van der Waals surface area contributed by atoms with Gasteiger partial charge in [0.1, 0.15) is 23.8 Å². The average Bonchev–Trinajstić information content (AvgIpc) is 2.91. The Morgan fingerprint density at radius 2 is 1.87 bits per heavy atom. The van der Waals surface area contributed by atoms with Gasteiger partial charge in [-0.05, 0) is 31.0 Å². The van der Waals surface area contributed by atoms with Crippen molar-refractivity contribution in [2.45, 2.75) is 38.1 Å². The molecule has 0 aliphatic carbocycles. The molecule has 0 spiro atoms. The Morgan fingerprint density at radius 1 is 1.22 bits per heavy atom. The molecule has 0 aromatic heterocycles. The van der Waals surface area contributed by atoms with Crippen molar-refractivity contribution >= 4 is 11.9 Å². The molecule has 2 aliphatic heterocycles. The van der Waals surface area contributed by atoms with E-state index < -0.39 is 17.4 Å². The van der Waals surface area contributed by atoms with Crippen molar-refractivity contribution in [1.29, 1.82) is 0 Å². The lowest BCUT2D eigenvalue weighted by Crippen LogP contribution is -2.58. The number of rotatable bonds is 3. The number of aliphatic carboxylic acids is 1. The number of fused-ring (bicyclic) bond motifs is 1. The number of carbonyl (C=O) groups excluding carboxylic acids is 1. The number of hydrogen-bond acceptors (Lipinski definition) is 4. The van der Waals surface area contributed by atoms with Gasteiger partial charge in [0.05, 0.1) is 0 Å². The van der Waals surface area contributed by atoms with Gasteiger partial charge in [0.25, 0.3) is 0 Å². The quantitative estimate of drug-likeness (QED) is 0.882. The van der Waals surface area contributed by atoms with Gasteiger partial charge in [0, 0.05) is 31.6 Å². The molecule has 1 aromatic rings. The van der Waals surface area contributed by atoms with Gasteiger partial charge in [-0.3, -0.25) is 4.79 Å². The Morgan fingerprint density at radius 3 is 2.52 bits per heavy atom. The van der Waals surface area contributed by atoms with E-state index in [4.69, 9.17) is 9.47 Å². The van der Waals surface area contributed by atoms with E-state index in [9.17, 15) is 14.7 Å². The molecule has 2 heterocycles. The van der Waals surface area contributed by atoms with Crippen LogP contribution >= 0.6 is 0 Å². The van der Waals surface area contributed by atoms with Crippen molar-refractivity contribution in [1.82, 2.24) is 5.32 Å². The summed E-state index contributed by atoms with van der Waals surface area (Å²) in [6, 6.07) is 3.89. The predicted octanol–water partition coefficient (Wildman–Crippen LogP) is 1.53. The highest BCUT2D eigenvalue weighted by atomic mass is 16.5. The maximum Gasteiger partial charge on any atom is 0.329 e. The Hall–Kier alpha value is -2.08. The van der Waals surface area contributed by atoms with Gasteiger partial charge in [-0.1, -0.05) is 6.07 Å². The highest BCUT2D eigenvalue weighted by Gasteiger charge is 2.44. The van der Waals surface area contributed by atoms with Crippen molar-refractivity contribution < 1.29 is 24.2 Å². The minimum Gasteiger partial charge on any atom is -0.492 e. The summed E-state index contributed by atoms with van der Waals surface area (Å²) in [6.45, 7) is 4.90. The van der Waals surface area contributed by atoms with Crippen molar-refractivity contribution in [3.63, 3.8) is 0 Å². The van der Waals surface area contributed by atoms with E-state index in [0.29, 0.717) is 19.0 Å². The van der Waals surface area contributed by atoms with Crippen LogP contribution in [0, 0.1) is 13.8 Å². The fourth-order valence-corrected chi connectivity index (χ4v) is 3.12. The second-order valence-corrected chi connectivity index (χ2v) is 6.33. The number of hydrogen-bond donors (Lipinski definition) is 2. The Labute approximate surface area is 134 Å². The molecule has 2 aliphatic rings. The van der Waals surface area contributed by atoms with Crippen LogP contribution in [0.25, 0.3) is 0 Å². The molecular weight excluding hydrogens is 298 g/mol. The third kappa shape index (κ3) is 2.79. The molecule has 1 amide bonds. The summed E-state index contributed by atoms with van der Waals surface area (Å²) in [5, 5.41) is 12.3. The molecule has 3 rings (SSSR count). The first-order valence-electron chi connectivity index (χ1n) is 7.80. The van der Waals surface area contributed by atoms with Gasteiger partial charge in [-0.25, -0.2) is 4.79 Å². The van der Waals surface area contributed by atoms with Gasteiger partial charge in [-0.15, -0.1) is 0 Å². The van der Waals surface area contributed by atoms with E-state index in [0.717, 1.165) is 16.7 Å². The third-order valence-electron chi connectivity index (χ3n) is 4.84. The van der Waals surface area contributed by atoms with Gasteiger partial charge in [-0.2, -0.15) is 0 Å². The van der Waals surface area contributed by atoms with Crippen LogP contribution in [0.1, 0.15) is 35.4 Å². The van der Waals surface area contributed by atoms with Crippen molar-refractivity contribution in [3.8, 4) is 5.75 Å². The molecule has 0 saturated carbocycles. The van der Waals surface area contributed by atoms with Gasteiger partial charge in [0.2, 0.25) is 5.91 Å². The van der Waals surface area contributed by atoms with E-state index in [1.807, 2.05) is 26.0 Å². The summed E-state index contributed by atoms with van der Waals surface area (Å²) in [7, 11) is 0. The SMILES string of the molecule is Cc1cc2c(cc1C)C(C(=O)NC1(C(=O)O)CCOCC1)CO2. The van der Waals surface area contributed by atoms with Crippen LogP contribution < -0.4 is 10.1 Å². The summed E-state index contributed by atoms with van der Waals surface area (Å²) in [5.74, 6) is -1.06. The summed E-state index contributed by atoms with van der Waals surface area (Å²) in [6.07, 6.45) is 0.558. The molecule has 0 bridgehead atoms. The van der Waals surface area contributed by atoms with Crippen LogP contribution in [-0.4, -0.2) is 42.3 Å². The molecule has 1 atom stereocenters. The number of carbonyl (C=O) groups is 2. The second kappa shape index (κ2) is 5.85. The highest BCUT2D eigenvalue weighted by Crippen LogP contribution is 2.36. The normalized spacial score (nSPS) is 22.1. The van der Waals surface area contributed by atoms with Crippen molar-refractivity contribution in [2.24, 2.45) is 0 Å². The fraction of sp³-hybridized carbons (Fsp3) is 0.529. The Balaban J connectivity index is 1.83. The predicted molar refractivity (Wildman–Crippen MR) is 82.7 cm³/mol. The molecule has 1 unspecified atom stereocenters. The minimum atomic E-state index is -1.24. The zero-order valence-corrected chi connectivity index (χ0v) is 13.3. The zero-order valence-electron chi connectivity index (χ0n) is 13.3. The number of benzene rings is 1. The van der Waals surface area contributed by atoms with Crippen LogP contribution in [0.4, 0.5) is 0 Å². The number of amides is 1. The van der Waals surface area contributed by atoms with E-state index in [1.165, 1.54) is 0 Å². The van der Waals surface area contributed by atoms with Crippen LogP contribution in [0.3, 0.4) is 0 Å². The zero-order chi connectivity index (χ0) is 16.6. The van der Waals surface area contributed by atoms with Crippen molar-refractivity contribution in [3.05, 3.63) is 28.8 Å². The average molecular weight is 319 g/mol. The maximum absolute atomic E-state index is 12.7. The van der Waals surface area contributed by atoms with Gasteiger partial charge >= 0.3 is 5.97 Å². The van der Waals surface area contributed by atoms with E-state index in [1.54, 1.807) is 0 Å². The largest absolute Gasteiger partial charge is 0.492 e. The molecule has 0 radical (unpaired) electrons. The van der Waals surface area contributed by atoms with E-state index >= 15 is 0 Å². The summed E-state index contributed by atoms with van der Waals surface area (Å²) < 4.78 is 10.8. The number of nitrogens with one attached hydrogen (secondary N) is 1. The highest BCUT2D eigenvalue weighted by molar-refractivity contribution is 5.91. The lowest BCUT2D eigenvalue weighted by Gasteiger charge is -2.34. The number of ether oxygens (including phenoxy) is 2. The van der Waals surface area contributed by atoms with Gasteiger partial charge < -0.3 is 19.9 Å². The topological polar surface area (TPSA) is 84.9 Å². The van der Waals surface area contributed by atoms with E-state index in [2.05, 4.69) is 5.32 Å². The number of carboxylic acid groups (broad SMARTS) is 1. The molecule has 124 valence electrons. The maximum atomic E-state index is 12.7. The Bertz CT molecular complexity index is 649. The molecule has 6 heteroatoms. The first-order valence-corrected chi connectivity index (χ1v) is 7.80. The Kier molecular flexibility index (Phi) is 4.02. The first-order chi connectivity index (χ1) is 10.9. The summed E-state index contributed by atoms with van der Waals surface area (Å²) >= 11 is 0. The summed E-state index contributed by atoms with van der Waals surface area (Å²) in [5.41, 5.74) is 1.79. The van der Waals surface area contributed by atoms with Crippen molar-refractivity contribution in [2.75, 3.05) is 19.8 Å². The van der Waals surface area contributed by atoms with Crippen LogP contribution in [0.15, 0.2) is 12.1 Å². The van der Waals surface area contributed by atoms with Crippen LogP contribution in [-0.2, 0) is 14.3 Å². The minimum absolute atomic E-state index is 0.246. The molecule has 1 aromatic carbocycles. The summed E-state index contributed by atoms with van der Waals surface area (Å²) in [4.78, 5) is 24.4. The van der Waals surface area contributed by atoms with E-state index in [-0.39, 0.29) is 25.4 Å². The number of aryl methyl sites for hydroxylation is 2. The lowest BCUT2D eigenvalue weighted by molar-refractivity contribution is -0.152. The van der Waals surface area contributed by atoms with Gasteiger partial charge in [0.15, 0.2) is 0 Å². The van der Waals surface area contributed by atoms with Crippen LogP contribution in [0.2, 0.25) is 0 Å². The fourth-order valence-electron chi connectivity index (χ4n) is 3.12. The van der Waals surface area contributed by atoms with Crippen LogP contribution in [0.5, 0.6) is 5.75 Å². The molecule has 1 saturated heterocycles. The monoisotopic (exact) mass is 319 g/mol. The second-order valence-electron chi connectivity index (χ2n) is 6.33. The molecular formula is C17H21NO5.